The number of hydrogen-bond donors (Lipinski definition) is 1. The second-order valence-corrected chi connectivity index (χ2v) is 4.42. The molecule has 1 unspecified atom stereocenters. The van der Waals surface area contributed by atoms with Gasteiger partial charge in [0.25, 0.3) is 0 Å². The summed E-state index contributed by atoms with van der Waals surface area (Å²) >= 11 is 0. The van der Waals surface area contributed by atoms with Gasteiger partial charge in [-0.2, -0.15) is 0 Å². The van der Waals surface area contributed by atoms with Crippen molar-refractivity contribution in [1.82, 2.24) is 15.0 Å². The number of aromatic amines is 1. The Kier molecular flexibility index (Phi) is 3.07. The largest absolute Gasteiger partial charge is 0.342 e. The zero-order chi connectivity index (χ0) is 13.9. The molecule has 0 aliphatic heterocycles. The minimum absolute atomic E-state index is 0.337. The summed E-state index contributed by atoms with van der Waals surface area (Å²) in [7, 11) is 0. The first-order valence-corrected chi connectivity index (χ1v) is 6.24. The molecule has 1 aromatic carbocycles. The van der Waals surface area contributed by atoms with Gasteiger partial charge in [-0.15, -0.1) is 0 Å². The van der Waals surface area contributed by atoms with E-state index in [4.69, 9.17) is 5.53 Å². The van der Waals surface area contributed by atoms with E-state index in [0.717, 1.165) is 22.3 Å². The molecule has 1 N–H and O–H groups in total. The van der Waals surface area contributed by atoms with E-state index in [2.05, 4.69) is 25.0 Å². The summed E-state index contributed by atoms with van der Waals surface area (Å²) in [4.78, 5) is 14.9. The highest BCUT2D eigenvalue weighted by atomic mass is 15.2. The molecule has 2 aromatic heterocycles. The topological polar surface area (TPSA) is 90.3 Å². The molecule has 0 bridgehead atoms. The summed E-state index contributed by atoms with van der Waals surface area (Å²) in [6.45, 7) is 1.80. The number of azide groups is 1. The Balaban J connectivity index is 2.17. The van der Waals surface area contributed by atoms with Gasteiger partial charge in [0.1, 0.15) is 11.3 Å². The van der Waals surface area contributed by atoms with E-state index >= 15 is 0 Å². The van der Waals surface area contributed by atoms with E-state index < -0.39 is 0 Å². The Morgan fingerprint density at radius 3 is 2.80 bits per heavy atom. The summed E-state index contributed by atoms with van der Waals surface area (Å²) in [5.41, 5.74) is 12.0. The van der Waals surface area contributed by atoms with Crippen molar-refractivity contribution in [3.05, 3.63) is 58.9 Å². The average molecular weight is 264 g/mol. The first-order chi connectivity index (χ1) is 9.79. The van der Waals surface area contributed by atoms with Crippen LogP contribution in [0.1, 0.15) is 18.8 Å². The van der Waals surface area contributed by atoms with Gasteiger partial charge in [-0.25, -0.2) is 4.98 Å². The van der Waals surface area contributed by atoms with Crippen molar-refractivity contribution in [2.45, 2.75) is 13.0 Å². The lowest BCUT2D eigenvalue weighted by molar-refractivity contribution is 0.752. The van der Waals surface area contributed by atoms with Gasteiger partial charge in [0.2, 0.25) is 0 Å². The predicted octanol–water partition coefficient (Wildman–Crippen LogP) is 4.00. The lowest BCUT2D eigenvalue weighted by Gasteiger charge is -2.00. The molecule has 3 rings (SSSR count). The molecule has 98 valence electrons. The zero-order valence-electron chi connectivity index (χ0n) is 10.9. The molecule has 0 aliphatic carbocycles. The molecular formula is C14H12N6. The SMILES string of the molecule is CC(N=[N+]=[N-])c1nc2c(-c3ccccc3)nccc2[nH]1. The first-order valence-electron chi connectivity index (χ1n) is 6.24. The second-order valence-electron chi connectivity index (χ2n) is 4.42. The molecule has 1 atom stereocenters. The van der Waals surface area contributed by atoms with Crippen molar-refractivity contribution in [2.24, 2.45) is 5.11 Å². The molecule has 0 amide bonds. The molecule has 6 nitrogen and oxygen atoms in total. The summed E-state index contributed by atoms with van der Waals surface area (Å²) in [5.74, 6) is 0.642. The van der Waals surface area contributed by atoms with Gasteiger partial charge in [0, 0.05) is 16.7 Å². The number of fused-ring (bicyclic) bond motifs is 1. The van der Waals surface area contributed by atoms with E-state index in [-0.39, 0.29) is 6.04 Å². The second kappa shape index (κ2) is 5.03. The van der Waals surface area contributed by atoms with Crippen molar-refractivity contribution in [3.8, 4) is 11.3 Å². The minimum Gasteiger partial charge on any atom is -0.342 e. The maximum absolute atomic E-state index is 8.51. The number of rotatable bonds is 3. The lowest BCUT2D eigenvalue weighted by Crippen LogP contribution is -1.90. The molecule has 0 fully saturated rings. The lowest BCUT2D eigenvalue weighted by atomic mass is 10.1. The van der Waals surface area contributed by atoms with Gasteiger partial charge in [-0.3, -0.25) is 4.98 Å². The van der Waals surface area contributed by atoms with Gasteiger partial charge in [-0.1, -0.05) is 35.4 Å². The normalized spacial score (nSPS) is 12.1. The fraction of sp³-hybridized carbons (Fsp3) is 0.143. The minimum atomic E-state index is -0.337. The summed E-state index contributed by atoms with van der Waals surface area (Å²) in [5, 5.41) is 3.66. The summed E-state index contributed by atoms with van der Waals surface area (Å²) in [6.07, 6.45) is 1.74. The standard InChI is InChI=1S/C14H12N6/c1-9(19-20-15)14-17-11-7-8-16-12(13(11)18-14)10-5-3-2-4-6-10/h2-9H,1H3,(H,17,18). The number of hydrogen-bond acceptors (Lipinski definition) is 3. The monoisotopic (exact) mass is 264 g/mol. The van der Waals surface area contributed by atoms with Crippen molar-refractivity contribution in [1.29, 1.82) is 0 Å². The summed E-state index contributed by atoms with van der Waals surface area (Å²) in [6, 6.07) is 11.4. The third-order valence-electron chi connectivity index (χ3n) is 3.09. The van der Waals surface area contributed by atoms with Crippen LogP contribution in [0.15, 0.2) is 47.7 Å². The Labute approximate surface area is 115 Å². The van der Waals surface area contributed by atoms with Crippen LogP contribution < -0.4 is 0 Å². The molecule has 0 saturated heterocycles. The zero-order valence-corrected chi connectivity index (χ0v) is 10.9. The smallest absolute Gasteiger partial charge is 0.116 e. The highest BCUT2D eigenvalue weighted by Crippen LogP contribution is 2.26. The highest BCUT2D eigenvalue weighted by Gasteiger charge is 2.13. The number of imidazole rings is 1. The fourth-order valence-electron chi connectivity index (χ4n) is 2.09. The van der Waals surface area contributed by atoms with Gasteiger partial charge in [0.05, 0.1) is 17.3 Å². The number of aromatic nitrogens is 3. The Hall–Kier alpha value is -2.85. The first kappa shape index (κ1) is 12.2. The Morgan fingerprint density at radius 2 is 2.05 bits per heavy atom. The number of nitrogens with one attached hydrogen (secondary N) is 1. The van der Waals surface area contributed by atoms with Gasteiger partial charge in [0.15, 0.2) is 0 Å². The van der Waals surface area contributed by atoms with Crippen LogP contribution in [0.3, 0.4) is 0 Å². The Morgan fingerprint density at radius 1 is 1.25 bits per heavy atom. The fourth-order valence-corrected chi connectivity index (χ4v) is 2.09. The van der Waals surface area contributed by atoms with E-state index in [0.29, 0.717) is 5.82 Å². The maximum atomic E-state index is 8.51. The molecule has 0 spiro atoms. The van der Waals surface area contributed by atoms with Crippen LogP contribution in [-0.2, 0) is 0 Å². The van der Waals surface area contributed by atoms with E-state index in [9.17, 15) is 0 Å². The van der Waals surface area contributed by atoms with Crippen molar-refractivity contribution < 1.29 is 0 Å². The number of benzene rings is 1. The predicted molar refractivity (Wildman–Crippen MR) is 76.9 cm³/mol. The van der Waals surface area contributed by atoms with Crippen LogP contribution in [0.4, 0.5) is 0 Å². The van der Waals surface area contributed by atoms with Gasteiger partial charge >= 0.3 is 0 Å². The van der Waals surface area contributed by atoms with Crippen LogP contribution in [-0.4, -0.2) is 15.0 Å². The average Bonchev–Trinajstić information content (AvgIpc) is 2.92. The summed E-state index contributed by atoms with van der Waals surface area (Å²) < 4.78 is 0. The van der Waals surface area contributed by atoms with Gasteiger partial charge in [-0.05, 0) is 18.5 Å². The van der Waals surface area contributed by atoms with Crippen LogP contribution in [0, 0.1) is 0 Å². The third-order valence-corrected chi connectivity index (χ3v) is 3.09. The van der Waals surface area contributed by atoms with E-state index in [1.54, 1.807) is 13.1 Å². The molecule has 3 aromatic rings. The van der Waals surface area contributed by atoms with E-state index in [1.165, 1.54) is 0 Å². The quantitative estimate of drug-likeness (QED) is 0.440. The van der Waals surface area contributed by atoms with Crippen molar-refractivity contribution in [3.63, 3.8) is 0 Å². The van der Waals surface area contributed by atoms with Gasteiger partial charge < -0.3 is 4.98 Å². The molecule has 6 heteroatoms. The molecule has 2 heterocycles. The Bertz CT molecular complexity index is 786. The molecule has 0 radical (unpaired) electrons. The van der Waals surface area contributed by atoms with Crippen molar-refractivity contribution >= 4 is 11.0 Å². The number of H-pyrrole nitrogens is 1. The maximum Gasteiger partial charge on any atom is 0.116 e. The molecule has 0 aliphatic rings. The molecule has 20 heavy (non-hydrogen) atoms. The van der Waals surface area contributed by atoms with E-state index in [1.807, 2.05) is 36.4 Å². The number of nitrogens with zero attached hydrogens (tertiary/aromatic N) is 5. The van der Waals surface area contributed by atoms with Crippen LogP contribution >= 0.6 is 0 Å². The molecular weight excluding hydrogens is 252 g/mol. The molecule has 0 saturated carbocycles. The highest BCUT2D eigenvalue weighted by molar-refractivity contribution is 5.89. The van der Waals surface area contributed by atoms with Crippen LogP contribution in [0.25, 0.3) is 32.7 Å². The van der Waals surface area contributed by atoms with Crippen LogP contribution in [0.5, 0.6) is 0 Å². The van der Waals surface area contributed by atoms with Crippen molar-refractivity contribution in [2.75, 3.05) is 0 Å². The number of pyridine rings is 1. The third kappa shape index (κ3) is 2.08. The van der Waals surface area contributed by atoms with Crippen LogP contribution in [0.2, 0.25) is 0 Å².